The lowest BCUT2D eigenvalue weighted by atomic mass is 10.1. The predicted molar refractivity (Wildman–Crippen MR) is 127 cm³/mol. The molecular weight excluding hydrogens is 402 g/mol. The van der Waals surface area contributed by atoms with Crippen LogP contribution in [0.5, 0.6) is 17.2 Å². The van der Waals surface area contributed by atoms with Crippen LogP contribution >= 0.6 is 0 Å². The Morgan fingerprint density at radius 2 is 1.78 bits per heavy atom. The molecule has 0 radical (unpaired) electrons. The fourth-order valence-electron chi connectivity index (χ4n) is 4.02. The van der Waals surface area contributed by atoms with Crippen LogP contribution in [0.15, 0.2) is 67.0 Å². The molecule has 2 aromatic carbocycles. The molecule has 4 rings (SSSR count). The van der Waals surface area contributed by atoms with Crippen molar-refractivity contribution in [2.24, 2.45) is 5.73 Å². The van der Waals surface area contributed by atoms with Crippen molar-refractivity contribution < 1.29 is 14.2 Å². The lowest BCUT2D eigenvalue weighted by Crippen LogP contribution is -2.17. The molecule has 3 aromatic rings. The van der Waals surface area contributed by atoms with E-state index in [2.05, 4.69) is 40.2 Å². The van der Waals surface area contributed by atoms with Crippen LogP contribution in [0, 0.1) is 0 Å². The van der Waals surface area contributed by atoms with Crippen LogP contribution in [-0.2, 0) is 6.54 Å². The van der Waals surface area contributed by atoms with Crippen molar-refractivity contribution in [3.8, 4) is 17.2 Å². The van der Waals surface area contributed by atoms with Gasteiger partial charge in [0, 0.05) is 42.9 Å². The fourth-order valence-corrected chi connectivity index (χ4v) is 4.02. The third-order valence-corrected chi connectivity index (χ3v) is 5.65. The van der Waals surface area contributed by atoms with Crippen LogP contribution in [0.1, 0.15) is 31.2 Å². The number of nitrogens with two attached hydrogens (primary N) is 1. The van der Waals surface area contributed by atoms with E-state index in [1.54, 1.807) is 13.3 Å². The highest BCUT2D eigenvalue weighted by atomic mass is 16.5. The van der Waals surface area contributed by atoms with Gasteiger partial charge in [-0.3, -0.25) is 4.98 Å². The SMILES string of the molecule is COc1ccc(N(Cc2cccnc2)c2ccc(OCCN)cc2)cc1OC1CCCC1. The molecule has 2 N–H and O–H groups in total. The highest BCUT2D eigenvalue weighted by Crippen LogP contribution is 2.38. The maximum absolute atomic E-state index is 6.34. The van der Waals surface area contributed by atoms with Gasteiger partial charge in [0.25, 0.3) is 0 Å². The molecule has 1 aliphatic rings. The molecular formula is C26H31N3O3. The van der Waals surface area contributed by atoms with Crippen LogP contribution in [0.3, 0.4) is 0 Å². The highest BCUT2D eigenvalue weighted by Gasteiger charge is 2.20. The Bertz CT molecular complexity index is 973. The molecule has 0 bridgehead atoms. The molecule has 1 aliphatic carbocycles. The molecule has 1 heterocycles. The van der Waals surface area contributed by atoms with Gasteiger partial charge in [-0.25, -0.2) is 0 Å². The van der Waals surface area contributed by atoms with E-state index in [0.29, 0.717) is 19.7 Å². The monoisotopic (exact) mass is 433 g/mol. The zero-order chi connectivity index (χ0) is 22.2. The maximum Gasteiger partial charge on any atom is 0.163 e. The first kappa shape index (κ1) is 22.0. The van der Waals surface area contributed by atoms with Gasteiger partial charge in [-0.15, -0.1) is 0 Å². The summed E-state index contributed by atoms with van der Waals surface area (Å²) in [6.45, 7) is 1.66. The molecule has 1 fully saturated rings. The molecule has 1 aromatic heterocycles. The highest BCUT2D eigenvalue weighted by molar-refractivity contribution is 5.67. The number of ether oxygens (including phenoxy) is 3. The Hall–Kier alpha value is -3.25. The largest absolute Gasteiger partial charge is 0.493 e. The van der Waals surface area contributed by atoms with Crippen molar-refractivity contribution in [2.75, 3.05) is 25.2 Å². The standard InChI is InChI=1S/C26H31N3O3/c1-30-25-13-10-22(17-26(25)32-24-6-2-3-7-24)29(19-20-5-4-15-28-18-20)21-8-11-23(12-9-21)31-16-14-27/h4-5,8-13,15,17-18,24H,2-3,6-7,14,16,19,27H2,1H3. The number of hydrogen-bond donors (Lipinski definition) is 1. The third-order valence-electron chi connectivity index (χ3n) is 5.65. The van der Waals surface area contributed by atoms with Crippen molar-refractivity contribution in [1.82, 2.24) is 4.98 Å². The van der Waals surface area contributed by atoms with Gasteiger partial charge in [0.1, 0.15) is 12.4 Å². The van der Waals surface area contributed by atoms with E-state index in [1.165, 1.54) is 12.8 Å². The Morgan fingerprint density at radius 3 is 2.47 bits per heavy atom. The number of anilines is 2. The van der Waals surface area contributed by atoms with Crippen molar-refractivity contribution >= 4 is 11.4 Å². The summed E-state index contributed by atoms with van der Waals surface area (Å²) in [6, 6.07) is 18.2. The Kier molecular flexibility index (Phi) is 7.46. The minimum absolute atomic E-state index is 0.255. The minimum atomic E-state index is 0.255. The van der Waals surface area contributed by atoms with Gasteiger partial charge in [0.15, 0.2) is 11.5 Å². The van der Waals surface area contributed by atoms with Crippen molar-refractivity contribution in [1.29, 1.82) is 0 Å². The van der Waals surface area contributed by atoms with Crippen LogP contribution in [0.4, 0.5) is 11.4 Å². The lowest BCUT2D eigenvalue weighted by Gasteiger charge is -2.27. The lowest BCUT2D eigenvalue weighted by molar-refractivity contribution is 0.201. The summed E-state index contributed by atoms with van der Waals surface area (Å²) in [5.74, 6) is 2.35. The zero-order valence-corrected chi connectivity index (χ0v) is 18.6. The number of hydrogen-bond acceptors (Lipinski definition) is 6. The van der Waals surface area contributed by atoms with E-state index >= 15 is 0 Å². The molecule has 0 aliphatic heterocycles. The smallest absolute Gasteiger partial charge is 0.163 e. The van der Waals surface area contributed by atoms with E-state index in [-0.39, 0.29) is 6.10 Å². The molecule has 0 spiro atoms. The van der Waals surface area contributed by atoms with Crippen molar-refractivity contribution in [3.05, 3.63) is 72.6 Å². The summed E-state index contributed by atoms with van der Waals surface area (Å²) in [5, 5.41) is 0. The first-order valence-electron chi connectivity index (χ1n) is 11.2. The summed E-state index contributed by atoms with van der Waals surface area (Å²) in [5.41, 5.74) is 8.74. The van der Waals surface area contributed by atoms with E-state index in [9.17, 15) is 0 Å². The Labute approximate surface area is 189 Å². The van der Waals surface area contributed by atoms with Gasteiger partial charge in [0.05, 0.1) is 13.2 Å². The van der Waals surface area contributed by atoms with Gasteiger partial charge in [-0.2, -0.15) is 0 Å². The summed E-state index contributed by atoms with van der Waals surface area (Å²) in [4.78, 5) is 6.52. The third kappa shape index (κ3) is 5.51. The van der Waals surface area contributed by atoms with Gasteiger partial charge < -0.3 is 24.8 Å². The van der Waals surface area contributed by atoms with Crippen LogP contribution in [-0.4, -0.2) is 31.3 Å². The molecule has 0 saturated heterocycles. The quantitative estimate of drug-likeness (QED) is 0.480. The molecule has 6 nitrogen and oxygen atoms in total. The minimum Gasteiger partial charge on any atom is -0.493 e. The first-order valence-corrected chi connectivity index (χ1v) is 11.2. The number of methoxy groups -OCH3 is 1. The number of rotatable bonds is 10. The summed E-state index contributed by atoms with van der Waals surface area (Å²) in [6.07, 6.45) is 8.57. The second-order valence-electron chi connectivity index (χ2n) is 7.94. The first-order chi connectivity index (χ1) is 15.8. The fraction of sp³-hybridized carbons (Fsp3) is 0.346. The molecule has 6 heteroatoms. The Morgan fingerprint density at radius 1 is 1.00 bits per heavy atom. The molecule has 0 unspecified atom stereocenters. The summed E-state index contributed by atoms with van der Waals surface area (Å²) < 4.78 is 17.6. The van der Waals surface area contributed by atoms with Gasteiger partial charge >= 0.3 is 0 Å². The van der Waals surface area contributed by atoms with Gasteiger partial charge in [-0.1, -0.05) is 6.07 Å². The van der Waals surface area contributed by atoms with Crippen molar-refractivity contribution in [2.45, 2.75) is 38.3 Å². The average molecular weight is 434 g/mol. The van der Waals surface area contributed by atoms with E-state index in [0.717, 1.165) is 47.0 Å². The number of aromatic nitrogens is 1. The molecule has 0 atom stereocenters. The number of benzene rings is 2. The van der Waals surface area contributed by atoms with Crippen LogP contribution in [0.2, 0.25) is 0 Å². The normalized spacial score (nSPS) is 13.7. The summed E-state index contributed by atoms with van der Waals surface area (Å²) >= 11 is 0. The predicted octanol–water partition coefficient (Wildman–Crippen LogP) is 5.09. The molecule has 32 heavy (non-hydrogen) atoms. The average Bonchev–Trinajstić information content (AvgIpc) is 3.35. The van der Waals surface area contributed by atoms with E-state index in [4.69, 9.17) is 19.9 Å². The molecule has 0 amide bonds. The second kappa shape index (κ2) is 10.9. The Balaban J connectivity index is 1.65. The number of nitrogens with zero attached hydrogens (tertiary/aromatic N) is 2. The maximum atomic E-state index is 6.34. The van der Waals surface area contributed by atoms with Crippen LogP contribution < -0.4 is 24.8 Å². The van der Waals surface area contributed by atoms with E-state index < -0.39 is 0 Å². The topological polar surface area (TPSA) is 69.8 Å². The van der Waals surface area contributed by atoms with Gasteiger partial charge in [-0.05, 0) is 73.7 Å². The van der Waals surface area contributed by atoms with Gasteiger partial charge in [0.2, 0.25) is 0 Å². The summed E-state index contributed by atoms with van der Waals surface area (Å²) in [7, 11) is 1.68. The van der Waals surface area contributed by atoms with Crippen LogP contribution in [0.25, 0.3) is 0 Å². The van der Waals surface area contributed by atoms with Crippen molar-refractivity contribution in [3.63, 3.8) is 0 Å². The zero-order valence-electron chi connectivity index (χ0n) is 18.6. The molecule has 1 saturated carbocycles. The number of pyridine rings is 1. The second-order valence-corrected chi connectivity index (χ2v) is 7.94. The van der Waals surface area contributed by atoms with E-state index in [1.807, 2.05) is 30.5 Å². The molecule has 168 valence electrons.